The molecule has 0 unspecified atom stereocenters. The predicted octanol–water partition coefficient (Wildman–Crippen LogP) is 1.15. The Morgan fingerprint density at radius 2 is 1.65 bits per heavy atom. The molecule has 23 heavy (non-hydrogen) atoms. The van der Waals surface area contributed by atoms with Gasteiger partial charge in [0.2, 0.25) is 5.91 Å². The molecule has 0 aliphatic rings. The number of carbonyl (C=O) groups is 2. The third kappa shape index (κ3) is 10.3. The summed E-state index contributed by atoms with van der Waals surface area (Å²) in [6.45, 7) is 11.0. The molecule has 0 spiro atoms. The van der Waals surface area contributed by atoms with Crippen LogP contribution in [0.25, 0.3) is 0 Å². The third-order valence-corrected chi connectivity index (χ3v) is 2.94. The van der Waals surface area contributed by atoms with Gasteiger partial charge < -0.3 is 24.8 Å². The van der Waals surface area contributed by atoms with Gasteiger partial charge in [0.15, 0.2) is 6.29 Å². The molecule has 0 bridgehead atoms. The van der Waals surface area contributed by atoms with Gasteiger partial charge in [0.1, 0.15) is 0 Å². The maximum atomic E-state index is 12.2. The molecule has 0 radical (unpaired) electrons. The van der Waals surface area contributed by atoms with E-state index in [1.165, 1.54) is 4.90 Å². The lowest BCUT2D eigenvalue weighted by Gasteiger charge is -2.28. The van der Waals surface area contributed by atoms with E-state index in [1.807, 2.05) is 27.7 Å². The smallest absolute Gasteiger partial charge is 0.307 e. The summed E-state index contributed by atoms with van der Waals surface area (Å²) in [6.07, 6.45) is -0.407. The minimum atomic E-state index is -0.648. The van der Waals surface area contributed by atoms with Crippen molar-refractivity contribution in [3.63, 3.8) is 0 Å². The van der Waals surface area contributed by atoms with Gasteiger partial charge in [0.05, 0.1) is 25.6 Å². The molecule has 0 saturated heterocycles. The van der Waals surface area contributed by atoms with Crippen LogP contribution >= 0.6 is 0 Å². The second-order valence-corrected chi connectivity index (χ2v) is 5.74. The van der Waals surface area contributed by atoms with E-state index < -0.39 is 12.3 Å². The van der Waals surface area contributed by atoms with Crippen LogP contribution in [0.3, 0.4) is 0 Å². The van der Waals surface area contributed by atoms with Gasteiger partial charge >= 0.3 is 5.97 Å². The molecule has 0 heterocycles. The van der Waals surface area contributed by atoms with Gasteiger partial charge in [0.25, 0.3) is 0 Å². The highest BCUT2D eigenvalue weighted by Crippen LogP contribution is 2.05. The van der Waals surface area contributed by atoms with Crippen molar-refractivity contribution in [1.82, 2.24) is 4.90 Å². The largest absolute Gasteiger partial charge is 0.465 e. The first-order valence-corrected chi connectivity index (χ1v) is 8.24. The van der Waals surface area contributed by atoms with Crippen molar-refractivity contribution in [2.24, 2.45) is 11.7 Å². The molecule has 7 heteroatoms. The van der Waals surface area contributed by atoms with Crippen molar-refractivity contribution in [3.8, 4) is 0 Å². The van der Waals surface area contributed by atoms with E-state index in [1.54, 1.807) is 6.92 Å². The molecule has 0 aromatic heterocycles. The minimum Gasteiger partial charge on any atom is -0.465 e. The summed E-state index contributed by atoms with van der Waals surface area (Å²) in [6, 6.07) is -0.648. The zero-order valence-corrected chi connectivity index (χ0v) is 15.0. The second kappa shape index (κ2) is 12.3. The second-order valence-electron chi connectivity index (χ2n) is 5.74. The molecule has 1 amide bonds. The van der Waals surface area contributed by atoms with Crippen molar-refractivity contribution in [3.05, 3.63) is 0 Å². The molecule has 0 saturated carbocycles. The van der Waals surface area contributed by atoms with Crippen molar-refractivity contribution >= 4 is 11.9 Å². The Morgan fingerprint density at radius 1 is 1.09 bits per heavy atom. The summed E-state index contributed by atoms with van der Waals surface area (Å²) in [5, 5.41) is 0. The van der Waals surface area contributed by atoms with Gasteiger partial charge in [0, 0.05) is 19.8 Å². The van der Waals surface area contributed by atoms with Crippen LogP contribution in [0.2, 0.25) is 0 Å². The normalized spacial score (nSPS) is 12.5. The van der Waals surface area contributed by atoms with E-state index in [0.717, 1.165) is 0 Å². The molecular weight excluding hydrogens is 300 g/mol. The lowest BCUT2D eigenvalue weighted by molar-refractivity contribution is -0.161. The molecule has 0 rings (SSSR count). The molecular formula is C16H32N2O5. The summed E-state index contributed by atoms with van der Waals surface area (Å²) in [5.74, 6) is -0.294. The monoisotopic (exact) mass is 332 g/mol. The number of ether oxygens (including phenoxy) is 3. The van der Waals surface area contributed by atoms with Crippen molar-refractivity contribution in [1.29, 1.82) is 0 Å². The van der Waals surface area contributed by atoms with E-state index in [4.69, 9.17) is 19.9 Å². The number of hydrogen-bond donors (Lipinski definition) is 1. The van der Waals surface area contributed by atoms with Crippen LogP contribution in [-0.4, -0.2) is 62.0 Å². The van der Waals surface area contributed by atoms with Crippen molar-refractivity contribution < 1.29 is 23.8 Å². The quantitative estimate of drug-likeness (QED) is 0.426. The van der Waals surface area contributed by atoms with E-state index in [0.29, 0.717) is 19.8 Å². The summed E-state index contributed by atoms with van der Waals surface area (Å²) >= 11 is 0. The fourth-order valence-electron chi connectivity index (χ4n) is 1.84. The molecule has 2 N–H and O–H groups in total. The van der Waals surface area contributed by atoms with Gasteiger partial charge in [-0.1, -0.05) is 13.8 Å². The van der Waals surface area contributed by atoms with Crippen LogP contribution in [0.5, 0.6) is 0 Å². The minimum absolute atomic E-state index is 0.121. The predicted molar refractivity (Wildman–Crippen MR) is 87.7 cm³/mol. The topological polar surface area (TPSA) is 91.1 Å². The van der Waals surface area contributed by atoms with Crippen LogP contribution in [0.4, 0.5) is 0 Å². The Kier molecular flexibility index (Phi) is 11.6. The maximum absolute atomic E-state index is 12.2. The third-order valence-electron chi connectivity index (χ3n) is 2.94. The standard InChI is InChI=1S/C16H32N2O5/c1-6-21-15(22-7-2)10-18(16(20)13(5)17)9-8-14(19)23-11-12(3)4/h12-13,15H,6-11,17H2,1-5H3/t13-/m0/s1. The Morgan fingerprint density at radius 3 is 2.09 bits per heavy atom. The maximum Gasteiger partial charge on any atom is 0.307 e. The summed E-state index contributed by atoms with van der Waals surface area (Å²) in [7, 11) is 0. The molecule has 1 atom stereocenters. The lowest BCUT2D eigenvalue weighted by Crippen LogP contribution is -2.47. The van der Waals surface area contributed by atoms with E-state index in [-0.39, 0.29) is 37.3 Å². The average molecular weight is 332 g/mol. The number of hydrogen-bond acceptors (Lipinski definition) is 6. The van der Waals surface area contributed by atoms with E-state index in [9.17, 15) is 9.59 Å². The molecule has 0 aliphatic heterocycles. The molecule has 0 aromatic rings. The van der Waals surface area contributed by atoms with Gasteiger partial charge in [-0.3, -0.25) is 9.59 Å². The molecule has 0 aromatic carbocycles. The number of esters is 1. The summed E-state index contributed by atoms with van der Waals surface area (Å²) in [4.78, 5) is 25.4. The van der Waals surface area contributed by atoms with Gasteiger partial charge in [-0.15, -0.1) is 0 Å². The first-order chi connectivity index (χ1) is 10.8. The fraction of sp³-hybridized carbons (Fsp3) is 0.875. The number of amides is 1. The van der Waals surface area contributed by atoms with Crippen molar-refractivity contribution in [2.45, 2.75) is 53.4 Å². The fourth-order valence-corrected chi connectivity index (χ4v) is 1.84. The number of rotatable bonds is 12. The lowest BCUT2D eigenvalue weighted by atomic mass is 10.2. The van der Waals surface area contributed by atoms with Gasteiger partial charge in [-0.05, 0) is 26.7 Å². The molecule has 0 fully saturated rings. The van der Waals surface area contributed by atoms with E-state index in [2.05, 4.69) is 0 Å². The van der Waals surface area contributed by atoms with Crippen LogP contribution in [0, 0.1) is 5.92 Å². The highest BCUT2D eigenvalue weighted by molar-refractivity contribution is 5.81. The van der Waals surface area contributed by atoms with Crippen LogP contribution in [0.15, 0.2) is 0 Å². The van der Waals surface area contributed by atoms with Crippen molar-refractivity contribution in [2.75, 3.05) is 32.9 Å². The Labute approximate surface area is 139 Å². The van der Waals surface area contributed by atoms with Gasteiger partial charge in [-0.25, -0.2) is 0 Å². The SMILES string of the molecule is CCOC(CN(CCC(=O)OCC(C)C)C(=O)[C@H](C)N)OCC. The summed E-state index contributed by atoms with van der Waals surface area (Å²) in [5.41, 5.74) is 5.68. The zero-order chi connectivity index (χ0) is 17.8. The first kappa shape index (κ1) is 21.8. The average Bonchev–Trinajstić information content (AvgIpc) is 2.48. The number of nitrogens with zero attached hydrogens (tertiary/aromatic N) is 1. The Bertz CT molecular complexity index is 341. The highest BCUT2D eigenvalue weighted by atomic mass is 16.7. The van der Waals surface area contributed by atoms with Crippen LogP contribution in [0.1, 0.15) is 41.0 Å². The number of carbonyl (C=O) groups excluding carboxylic acids is 2. The molecule has 0 aliphatic carbocycles. The molecule has 136 valence electrons. The van der Waals surface area contributed by atoms with Crippen LogP contribution < -0.4 is 5.73 Å². The van der Waals surface area contributed by atoms with Crippen LogP contribution in [-0.2, 0) is 23.8 Å². The molecule has 7 nitrogen and oxygen atoms in total. The van der Waals surface area contributed by atoms with E-state index >= 15 is 0 Å². The Balaban J connectivity index is 4.62. The zero-order valence-electron chi connectivity index (χ0n) is 15.0. The number of nitrogens with two attached hydrogens (primary N) is 1. The van der Waals surface area contributed by atoms with Gasteiger partial charge in [-0.2, -0.15) is 0 Å². The highest BCUT2D eigenvalue weighted by Gasteiger charge is 2.23. The first-order valence-electron chi connectivity index (χ1n) is 8.24. The summed E-state index contributed by atoms with van der Waals surface area (Å²) < 4.78 is 16.0. The Hall–Kier alpha value is -1.18.